The van der Waals surface area contributed by atoms with Crippen LogP contribution in [0.15, 0.2) is 17.0 Å². The van der Waals surface area contributed by atoms with E-state index in [4.69, 9.17) is 0 Å². The van der Waals surface area contributed by atoms with E-state index in [-0.39, 0.29) is 0 Å². The van der Waals surface area contributed by atoms with Gasteiger partial charge in [0, 0.05) is 17.0 Å². The SMILES string of the molecule is Cc1cc2c(cc1C)C(NC1CC1)CCCS2. The van der Waals surface area contributed by atoms with Crippen molar-refractivity contribution < 1.29 is 0 Å². The standard InChI is InChI=1S/C15H21NS/c1-10-8-13-14(16-12-5-6-12)4-3-7-17-15(13)9-11(10)2/h8-9,12,14,16H,3-7H2,1-2H3. The summed E-state index contributed by atoms with van der Waals surface area (Å²) in [7, 11) is 0. The maximum Gasteiger partial charge on any atom is 0.0334 e. The maximum atomic E-state index is 3.82. The van der Waals surface area contributed by atoms with Gasteiger partial charge in [-0.3, -0.25) is 0 Å². The zero-order valence-corrected chi connectivity index (χ0v) is 11.6. The zero-order chi connectivity index (χ0) is 11.8. The van der Waals surface area contributed by atoms with Crippen LogP contribution in [0.1, 0.15) is 48.4 Å². The van der Waals surface area contributed by atoms with Crippen molar-refractivity contribution in [3.8, 4) is 0 Å². The first-order valence-corrected chi connectivity index (χ1v) is 7.72. The monoisotopic (exact) mass is 247 g/mol. The minimum atomic E-state index is 0.604. The van der Waals surface area contributed by atoms with E-state index in [1.54, 1.807) is 5.56 Å². The summed E-state index contributed by atoms with van der Waals surface area (Å²) in [6.45, 7) is 4.46. The summed E-state index contributed by atoms with van der Waals surface area (Å²) in [6, 6.07) is 6.22. The predicted molar refractivity (Wildman–Crippen MR) is 74.8 cm³/mol. The summed E-state index contributed by atoms with van der Waals surface area (Å²) in [4.78, 5) is 1.52. The van der Waals surface area contributed by atoms with Crippen molar-refractivity contribution in [2.45, 2.75) is 56.5 Å². The third-order valence-corrected chi connectivity index (χ3v) is 5.07. The Labute approximate surface area is 108 Å². The highest BCUT2D eigenvalue weighted by Crippen LogP contribution is 2.38. The van der Waals surface area contributed by atoms with Crippen molar-refractivity contribution in [3.63, 3.8) is 0 Å². The third kappa shape index (κ3) is 2.53. The van der Waals surface area contributed by atoms with Crippen LogP contribution in [0.5, 0.6) is 0 Å². The molecule has 0 aromatic heterocycles. The summed E-state index contributed by atoms with van der Waals surface area (Å²) < 4.78 is 0. The van der Waals surface area contributed by atoms with Crippen LogP contribution >= 0.6 is 11.8 Å². The van der Waals surface area contributed by atoms with E-state index >= 15 is 0 Å². The van der Waals surface area contributed by atoms with Gasteiger partial charge in [0.05, 0.1) is 0 Å². The number of rotatable bonds is 2. The molecule has 1 heterocycles. The lowest BCUT2D eigenvalue weighted by Crippen LogP contribution is -2.23. The van der Waals surface area contributed by atoms with Crippen LogP contribution in [0.3, 0.4) is 0 Å². The van der Waals surface area contributed by atoms with Gasteiger partial charge in [-0.1, -0.05) is 6.07 Å². The molecule has 0 saturated heterocycles. The third-order valence-electron chi connectivity index (χ3n) is 3.91. The molecule has 1 nitrogen and oxygen atoms in total. The van der Waals surface area contributed by atoms with Gasteiger partial charge >= 0.3 is 0 Å². The number of thioether (sulfide) groups is 1. The van der Waals surface area contributed by atoms with Gasteiger partial charge in [-0.15, -0.1) is 11.8 Å². The molecule has 2 heteroatoms. The molecule has 0 amide bonds. The van der Waals surface area contributed by atoms with Crippen molar-refractivity contribution >= 4 is 11.8 Å². The number of hydrogen-bond donors (Lipinski definition) is 1. The van der Waals surface area contributed by atoms with Crippen molar-refractivity contribution in [1.29, 1.82) is 0 Å². The number of fused-ring (bicyclic) bond motifs is 1. The molecular weight excluding hydrogens is 226 g/mol. The largest absolute Gasteiger partial charge is 0.307 e. The molecule has 0 spiro atoms. The highest BCUT2D eigenvalue weighted by Gasteiger charge is 2.27. The van der Waals surface area contributed by atoms with Crippen LogP contribution in [0, 0.1) is 13.8 Å². The quantitative estimate of drug-likeness (QED) is 0.848. The summed E-state index contributed by atoms with van der Waals surface area (Å²) in [5.41, 5.74) is 4.43. The summed E-state index contributed by atoms with van der Waals surface area (Å²) in [5, 5.41) is 3.82. The molecule has 1 unspecified atom stereocenters. The molecule has 0 radical (unpaired) electrons. The van der Waals surface area contributed by atoms with Gasteiger partial charge in [-0.05, 0) is 68.0 Å². The van der Waals surface area contributed by atoms with Crippen molar-refractivity contribution in [1.82, 2.24) is 5.32 Å². The van der Waals surface area contributed by atoms with Crippen LogP contribution in [0.2, 0.25) is 0 Å². The second-order valence-electron chi connectivity index (χ2n) is 5.46. The van der Waals surface area contributed by atoms with Gasteiger partial charge in [0.1, 0.15) is 0 Å². The Balaban J connectivity index is 1.94. The van der Waals surface area contributed by atoms with E-state index in [1.165, 1.54) is 47.5 Å². The molecule has 1 saturated carbocycles. The van der Waals surface area contributed by atoms with Crippen LogP contribution in [0.25, 0.3) is 0 Å². The molecule has 1 aromatic carbocycles. The number of hydrogen-bond acceptors (Lipinski definition) is 2. The van der Waals surface area contributed by atoms with Gasteiger partial charge in [-0.25, -0.2) is 0 Å². The highest BCUT2D eigenvalue weighted by molar-refractivity contribution is 7.99. The molecule has 0 bridgehead atoms. The van der Waals surface area contributed by atoms with Crippen LogP contribution in [-0.4, -0.2) is 11.8 Å². The van der Waals surface area contributed by atoms with Gasteiger partial charge < -0.3 is 5.32 Å². The first-order valence-electron chi connectivity index (χ1n) is 6.74. The topological polar surface area (TPSA) is 12.0 Å². The first-order chi connectivity index (χ1) is 8.24. The number of aryl methyl sites for hydroxylation is 2. The maximum absolute atomic E-state index is 3.82. The molecule has 2 aliphatic rings. The Kier molecular flexibility index (Phi) is 3.18. The molecule has 1 aliphatic carbocycles. The van der Waals surface area contributed by atoms with Crippen molar-refractivity contribution in [2.75, 3.05) is 5.75 Å². The lowest BCUT2D eigenvalue weighted by Gasteiger charge is -2.20. The Morgan fingerprint density at radius 3 is 2.65 bits per heavy atom. The van der Waals surface area contributed by atoms with E-state index in [9.17, 15) is 0 Å². The van der Waals surface area contributed by atoms with E-state index in [2.05, 4.69) is 31.3 Å². The number of benzene rings is 1. The van der Waals surface area contributed by atoms with Crippen molar-refractivity contribution in [2.24, 2.45) is 0 Å². The minimum Gasteiger partial charge on any atom is -0.307 e. The second kappa shape index (κ2) is 4.66. The molecule has 1 aliphatic heterocycles. The normalized spacial score (nSPS) is 24.2. The van der Waals surface area contributed by atoms with E-state index < -0.39 is 0 Å². The Morgan fingerprint density at radius 2 is 1.88 bits per heavy atom. The summed E-state index contributed by atoms with van der Waals surface area (Å²) in [6.07, 6.45) is 5.40. The average Bonchev–Trinajstić information content (AvgIpc) is 3.11. The van der Waals surface area contributed by atoms with E-state index in [0.717, 1.165) is 6.04 Å². The first kappa shape index (κ1) is 11.6. The highest BCUT2D eigenvalue weighted by atomic mass is 32.2. The Morgan fingerprint density at radius 1 is 1.12 bits per heavy atom. The fourth-order valence-corrected chi connectivity index (χ4v) is 3.70. The van der Waals surface area contributed by atoms with Gasteiger partial charge in [0.25, 0.3) is 0 Å². The Hall–Kier alpha value is -0.470. The van der Waals surface area contributed by atoms with Crippen molar-refractivity contribution in [3.05, 3.63) is 28.8 Å². The fourth-order valence-electron chi connectivity index (χ4n) is 2.54. The summed E-state index contributed by atoms with van der Waals surface area (Å²) in [5.74, 6) is 1.28. The fraction of sp³-hybridized carbons (Fsp3) is 0.600. The predicted octanol–water partition coefficient (Wildman–Crippen LogP) is 3.98. The lowest BCUT2D eigenvalue weighted by molar-refractivity contribution is 0.490. The zero-order valence-electron chi connectivity index (χ0n) is 10.8. The van der Waals surface area contributed by atoms with Gasteiger partial charge in [-0.2, -0.15) is 0 Å². The van der Waals surface area contributed by atoms with E-state index in [1.807, 2.05) is 11.8 Å². The smallest absolute Gasteiger partial charge is 0.0334 e. The number of nitrogens with one attached hydrogen (secondary N) is 1. The van der Waals surface area contributed by atoms with Gasteiger partial charge in [0.2, 0.25) is 0 Å². The molecule has 3 rings (SSSR count). The average molecular weight is 247 g/mol. The molecule has 1 atom stereocenters. The lowest BCUT2D eigenvalue weighted by atomic mass is 9.98. The molecule has 1 N–H and O–H groups in total. The molecular formula is C15H21NS. The molecule has 17 heavy (non-hydrogen) atoms. The van der Waals surface area contributed by atoms with Crippen LogP contribution in [-0.2, 0) is 0 Å². The summed E-state index contributed by atoms with van der Waals surface area (Å²) >= 11 is 2.04. The van der Waals surface area contributed by atoms with E-state index in [0.29, 0.717) is 6.04 Å². The van der Waals surface area contributed by atoms with Crippen LogP contribution in [0.4, 0.5) is 0 Å². The van der Waals surface area contributed by atoms with Crippen LogP contribution < -0.4 is 5.32 Å². The van der Waals surface area contributed by atoms with Gasteiger partial charge in [0.15, 0.2) is 0 Å². The Bertz CT molecular complexity index is 423. The molecule has 92 valence electrons. The molecule has 1 fully saturated rings. The molecule has 1 aromatic rings. The second-order valence-corrected chi connectivity index (χ2v) is 6.60. The minimum absolute atomic E-state index is 0.604.